The average Bonchev–Trinajstić information content (AvgIpc) is 2.92. The number of hydrogen-bond donors (Lipinski definition) is 3. The number of carboxylic acid groups (broad SMARTS) is 1. The molecule has 5 heteroatoms. The average molecular weight is 574 g/mol. The van der Waals surface area contributed by atoms with Crippen LogP contribution in [0.15, 0.2) is 47.6 Å². The number of hydrogen-bond acceptors (Lipinski definition) is 3. The van der Waals surface area contributed by atoms with E-state index in [1.54, 1.807) is 24.3 Å². The van der Waals surface area contributed by atoms with Crippen LogP contribution < -0.4 is 5.32 Å². The lowest BCUT2D eigenvalue weighted by Gasteiger charge is -2.69. The molecule has 8 atom stereocenters. The predicted octanol–water partition coefficient (Wildman–Crippen LogP) is 8.41. The van der Waals surface area contributed by atoms with Crippen LogP contribution in [-0.2, 0) is 4.79 Å². The number of fused-ring (bicyclic) bond motifs is 6. The normalized spacial score (nSPS) is 43.9. The fourth-order valence-electron chi connectivity index (χ4n) is 10.9. The molecule has 0 saturated heterocycles. The van der Waals surface area contributed by atoms with Crippen molar-refractivity contribution in [3.63, 3.8) is 0 Å². The van der Waals surface area contributed by atoms with Crippen LogP contribution in [-0.4, -0.2) is 28.2 Å². The van der Waals surface area contributed by atoms with E-state index in [1.165, 1.54) is 17.6 Å². The van der Waals surface area contributed by atoms with Crippen LogP contribution in [0.1, 0.15) is 117 Å². The Labute approximate surface area is 252 Å². The number of para-hydroxylation sites is 1. The molecule has 228 valence electrons. The van der Waals surface area contributed by atoms with Crippen LogP contribution in [0, 0.1) is 44.3 Å². The number of benzene rings is 1. The maximum Gasteiger partial charge on any atom is 0.337 e. The van der Waals surface area contributed by atoms with Crippen LogP contribution in [0.3, 0.4) is 0 Å². The molecule has 0 aromatic heterocycles. The molecule has 3 saturated carbocycles. The van der Waals surface area contributed by atoms with Crippen molar-refractivity contribution < 1.29 is 19.8 Å². The fraction of sp³-hybridized carbons (Fsp3) is 0.676. The molecule has 5 aliphatic rings. The summed E-state index contributed by atoms with van der Waals surface area (Å²) in [7, 11) is 0. The Bertz CT molecular complexity index is 1390. The third-order valence-corrected chi connectivity index (χ3v) is 14.1. The molecule has 1 aromatic carbocycles. The minimum atomic E-state index is -1.03. The summed E-state index contributed by atoms with van der Waals surface area (Å²) < 4.78 is 0. The van der Waals surface area contributed by atoms with Crippen LogP contribution in [0.25, 0.3) is 0 Å². The van der Waals surface area contributed by atoms with Gasteiger partial charge in [-0.2, -0.15) is 0 Å². The lowest BCUT2D eigenvalue weighted by molar-refractivity contribution is -0.182. The van der Waals surface area contributed by atoms with E-state index in [0.29, 0.717) is 23.9 Å². The lowest BCUT2D eigenvalue weighted by atomic mass is 9.35. The summed E-state index contributed by atoms with van der Waals surface area (Å²) in [6.45, 7) is 16.7. The number of aromatic carboxylic acids is 1. The summed E-state index contributed by atoms with van der Waals surface area (Å²) in [6.07, 6.45) is 13.8. The number of allylic oxidation sites excluding steroid dienone is 4. The minimum Gasteiger partial charge on any atom is -0.478 e. The summed E-state index contributed by atoms with van der Waals surface area (Å²) in [5.74, 6) is -0.160. The maximum atomic E-state index is 13.9. The monoisotopic (exact) mass is 573 g/mol. The first kappa shape index (κ1) is 29.7. The van der Waals surface area contributed by atoms with E-state index in [2.05, 4.69) is 65.9 Å². The topological polar surface area (TPSA) is 86.6 Å². The smallest absolute Gasteiger partial charge is 0.337 e. The second kappa shape index (κ2) is 9.30. The fourth-order valence-corrected chi connectivity index (χ4v) is 10.9. The highest BCUT2D eigenvalue weighted by atomic mass is 16.4. The Balaban J connectivity index is 1.39. The van der Waals surface area contributed by atoms with Crippen LogP contribution in [0.5, 0.6) is 0 Å². The number of carboxylic acids is 1. The van der Waals surface area contributed by atoms with E-state index in [4.69, 9.17) is 0 Å². The standard InChI is InChI=1S/C37H51NO4/c1-32(2)27-14-17-37(7)28(35(27,5)16-15-29(32)39)13-12-24-25-22-34(4,19-18-33(25,3)20-21-36(24,37)6)31(42)38-26-11-9-8-10-23(26)30(40)41/h8-13,27-29,39H,14-22H2,1-7H3,(H,38,42)(H,40,41)/t27-,28+,29-,33+,34-,35-,36+,37+/m0/s1. The van der Waals surface area contributed by atoms with Gasteiger partial charge >= 0.3 is 5.97 Å². The quantitative estimate of drug-likeness (QED) is 0.339. The number of carbonyl (C=O) groups is 2. The third kappa shape index (κ3) is 3.90. The van der Waals surface area contributed by atoms with Crippen molar-refractivity contribution in [3.05, 3.63) is 53.1 Å². The highest BCUT2D eigenvalue weighted by Gasteiger charge is 2.66. The summed E-state index contributed by atoms with van der Waals surface area (Å²) in [5, 5.41) is 23.7. The molecule has 1 aromatic rings. The van der Waals surface area contributed by atoms with E-state index in [1.807, 2.05) is 0 Å². The van der Waals surface area contributed by atoms with Gasteiger partial charge in [0.25, 0.3) is 0 Å². The van der Waals surface area contributed by atoms with Crippen molar-refractivity contribution in [2.75, 3.05) is 5.32 Å². The summed E-state index contributed by atoms with van der Waals surface area (Å²) in [5.41, 5.74) is 3.12. The zero-order valence-electron chi connectivity index (χ0n) is 26.8. The van der Waals surface area contributed by atoms with Crippen molar-refractivity contribution in [1.29, 1.82) is 0 Å². The van der Waals surface area contributed by atoms with E-state index in [9.17, 15) is 19.8 Å². The second-order valence-electron chi connectivity index (χ2n) is 16.6. The summed E-state index contributed by atoms with van der Waals surface area (Å²) in [4.78, 5) is 25.7. The molecule has 0 heterocycles. The second-order valence-corrected chi connectivity index (χ2v) is 16.6. The Morgan fingerprint density at radius 2 is 1.57 bits per heavy atom. The van der Waals surface area contributed by atoms with Crippen LogP contribution in [0.4, 0.5) is 5.69 Å². The SMILES string of the molecule is CC1(C)[C@@H](O)CC[C@]2(C)[C@H]3C=CC4=C5C[C@@](C)(C(=O)Nc6ccccc6C(=O)O)CC[C@]5(C)CC[C@@]4(C)[C@]3(C)CC[C@@H]12. The zero-order valence-corrected chi connectivity index (χ0v) is 26.8. The number of nitrogens with one attached hydrogen (secondary N) is 1. The van der Waals surface area contributed by atoms with E-state index in [0.717, 1.165) is 44.9 Å². The molecule has 0 radical (unpaired) electrons. The Morgan fingerprint density at radius 3 is 2.29 bits per heavy atom. The van der Waals surface area contributed by atoms with Crippen molar-refractivity contribution in [1.82, 2.24) is 0 Å². The molecule has 3 fully saturated rings. The van der Waals surface area contributed by atoms with Gasteiger partial charge in [-0.15, -0.1) is 0 Å². The van der Waals surface area contributed by atoms with Gasteiger partial charge in [-0.1, -0.05) is 78.3 Å². The van der Waals surface area contributed by atoms with Crippen molar-refractivity contribution in [2.45, 2.75) is 112 Å². The number of carbonyl (C=O) groups excluding carboxylic acids is 1. The number of amides is 1. The van der Waals surface area contributed by atoms with Gasteiger partial charge in [0.15, 0.2) is 0 Å². The molecule has 5 nitrogen and oxygen atoms in total. The highest BCUT2D eigenvalue weighted by molar-refractivity contribution is 6.02. The summed E-state index contributed by atoms with van der Waals surface area (Å²) in [6, 6.07) is 6.69. The van der Waals surface area contributed by atoms with Gasteiger partial charge in [-0.3, -0.25) is 4.79 Å². The van der Waals surface area contributed by atoms with Crippen molar-refractivity contribution >= 4 is 17.6 Å². The molecule has 0 spiro atoms. The molecular formula is C37H51NO4. The van der Waals surface area contributed by atoms with E-state index >= 15 is 0 Å². The first-order valence-electron chi connectivity index (χ1n) is 16.3. The van der Waals surface area contributed by atoms with E-state index in [-0.39, 0.29) is 44.6 Å². The Hall–Kier alpha value is -2.40. The van der Waals surface area contributed by atoms with Gasteiger partial charge in [0.2, 0.25) is 5.91 Å². The zero-order chi connectivity index (χ0) is 30.5. The van der Waals surface area contributed by atoms with E-state index < -0.39 is 11.4 Å². The number of aliphatic hydroxyl groups excluding tert-OH is 1. The van der Waals surface area contributed by atoms with Crippen LogP contribution in [0.2, 0.25) is 0 Å². The molecule has 3 N–H and O–H groups in total. The number of anilines is 1. The first-order chi connectivity index (χ1) is 19.5. The van der Waals surface area contributed by atoms with Crippen molar-refractivity contribution in [3.8, 4) is 0 Å². The van der Waals surface area contributed by atoms with Gasteiger partial charge in [0.1, 0.15) is 0 Å². The number of aliphatic hydroxyl groups is 1. The van der Waals surface area contributed by atoms with Gasteiger partial charge in [0, 0.05) is 0 Å². The summed E-state index contributed by atoms with van der Waals surface area (Å²) >= 11 is 0. The molecule has 42 heavy (non-hydrogen) atoms. The molecular weight excluding hydrogens is 522 g/mol. The van der Waals surface area contributed by atoms with Gasteiger partial charge in [-0.25, -0.2) is 4.79 Å². The predicted molar refractivity (Wildman–Crippen MR) is 167 cm³/mol. The van der Waals surface area contributed by atoms with Crippen LogP contribution >= 0.6 is 0 Å². The Kier molecular flexibility index (Phi) is 6.57. The molecule has 0 aliphatic heterocycles. The molecule has 1 amide bonds. The van der Waals surface area contributed by atoms with Gasteiger partial charge in [-0.05, 0) is 114 Å². The number of rotatable bonds is 3. The molecule has 5 aliphatic carbocycles. The minimum absolute atomic E-state index is 0.0279. The third-order valence-electron chi connectivity index (χ3n) is 14.1. The van der Waals surface area contributed by atoms with Gasteiger partial charge < -0.3 is 15.5 Å². The molecule has 6 rings (SSSR count). The first-order valence-corrected chi connectivity index (χ1v) is 16.3. The lowest BCUT2D eigenvalue weighted by Crippen LogP contribution is -2.63. The maximum absolute atomic E-state index is 13.9. The Morgan fingerprint density at radius 1 is 0.881 bits per heavy atom. The molecule has 0 bridgehead atoms. The largest absolute Gasteiger partial charge is 0.478 e. The highest BCUT2D eigenvalue weighted by Crippen LogP contribution is 2.74. The molecule has 0 unspecified atom stereocenters. The van der Waals surface area contributed by atoms with Gasteiger partial charge in [0.05, 0.1) is 22.8 Å². The van der Waals surface area contributed by atoms with Crippen molar-refractivity contribution in [2.24, 2.45) is 44.3 Å².